The van der Waals surface area contributed by atoms with Gasteiger partial charge in [-0.3, -0.25) is 9.52 Å². The van der Waals surface area contributed by atoms with Gasteiger partial charge in [-0.25, -0.2) is 13.4 Å². The summed E-state index contributed by atoms with van der Waals surface area (Å²) >= 11 is 1.21. The molecule has 1 saturated heterocycles. The molecule has 0 bridgehead atoms. The predicted molar refractivity (Wildman–Crippen MR) is 122 cm³/mol. The number of amides is 1. The first-order valence-electron chi connectivity index (χ1n) is 10.3. The van der Waals surface area contributed by atoms with Gasteiger partial charge in [-0.05, 0) is 43.3 Å². The lowest BCUT2D eigenvalue weighted by Gasteiger charge is -2.25. The van der Waals surface area contributed by atoms with Gasteiger partial charge in [0.25, 0.3) is 15.9 Å². The molecular weight excluding hydrogens is 468 g/mol. The standard InChI is InChI=1S/C21H20N4O6S2/c1-2-30-13-3-5-16-18(11-13)32-21(22-16)24-33(27,28)14-4-6-17-15(12-14)19(23-31-17)20(26)25-7-9-29-10-8-25/h3-6,11-12H,2,7-10H2,1H3,(H,22,24). The van der Waals surface area contributed by atoms with Crippen molar-refractivity contribution in [3.05, 3.63) is 42.1 Å². The summed E-state index contributed by atoms with van der Waals surface area (Å²) in [4.78, 5) is 18.8. The minimum atomic E-state index is -3.97. The number of rotatable bonds is 6. The molecule has 172 valence electrons. The van der Waals surface area contributed by atoms with E-state index in [1.165, 1.54) is 29.5 Å². The first-order valence-corrected chi connectivity index (χ1v) is 12.6. The maximum absolute atomic E-state index is 13.1. The van der Waals surface area contributed by atoms with E-state index >= 15 is 0 Å². The molecule has 10 nitrogen and oxygen atoms in total. The number of ether oxygens (including phenoxy) is 2. The highest BCUT2D eigenvalue weighted by Gasteiger charge is 2.26. The number of hydrogen-bond acceptors (Lipinski definition) is 9. The Bertz CT molecular complexity index is 1440. The van der Waals surface area contributed by atoms with Crippen molar-refractivity contribution in [1.82, 2.24) is 15.0 Å². The minimum Gasteiger partial charge on any atom is -0.494 e. The molecule has 1 amide bonds. The van der Waals surface area contributed by atoms with Crippen molar-refractivity contribution in [2.24, 2.45) is 0 Å². The van der Waals surface area contributed by atoms with Crippen molar-refractivity contribution < 1.29 is 27.2 Å². The second-order valence-electron chi connectivity index (χ2n) is 7.28. The van der Waals surface area contributed by atoms with Crippen LogP contribution in [0, 0.1) is 0 Å². The van der Waals surface area contributed by atoms with E-state index in [1.807, 2.05) is 13.0 Å². The number of benzene rings is 2. The molecule has 1 fully saturated rings. The number of nitrogens with one attached hydrogen (secondary N) is 1. The maximum Gasteiger partial charge on any atom is 0.276 e. The number of hydrogen-bond donors (Lipinski definition) is 1. The molecule has 0 saturated carbocycles. The van der Waals surface area contributed by atoms with Crippen LogP contribution < -0.4 is 9.46 Å². The fourth-order valence-corrected chi connectivity index (χ4v) is 5.69. The molecule has 0 unspecified atom stereocenters. The highest BCUT2D eigenvalue weighted by molar-refractivity contribution is 7.93. The Labute approximate surface area is 193 Å². The second kappa shape index (κ2) is 8.61. The molecule has 0 radical (unpaired) electrons. The molecule has 0 atom stereocenters. The van der Waals surface area contributed by atoms with Crippen LogP contribution in [0.15, 0.2) is 45.8 Å². The van der Waals surface area contributed by atoms with Crippen molar-refractivity contribution in [3.8, 4) is 5.75 Å². The number of thiazole rings is 1. The van der Waals surface area contributed by atoms with Crippen molar-refractivity contribution in [3.63, 3.8) is 0 Å². The predicted octanol–water partition coefficient (Wildman–Crippen LogP) is 3.11. The molecule has 0 aliphatic carbocycles. The molecule has 1 aliphatic rings. The normalized spacial score (nSPS) is 14.6. The Morgan fingerprint density at radius 2 is 2.03 bits per heavy atom. The lowest BCUT2D eigenvalue weighted by Crippen LogP contribution is -2.40. The van der Waals surface area contributed by atoms with E-state index in [1.54, 1.807) is 17.0 Å². The van der Waals surface area contributed by atoms with Gasteiger partial charge in [-0.2, -0.15) is 0 Å². The molecular formula is C21H20N4O6S2. The lowest BCUT2D eigenvalue weighted by molar-refractivity contribution is 0.0297. The van der Waals surface area contributed by atoms with Crippen molar-refractivity contribution in [2.75, 3.05) is 37.6 Å². The summed E-state index contributed by atoms with van der Waals surface area (Å²) in [5.74, 6) is 0.370. The van der Waals surface area contributed by atoms with Crippen LogP contribution in [0.5, 0.6) is 5.75 Å². The monoisotopic (exact) mass is 488 g/mol. The number of fused-ring (bicyclic) bond motifs is 2. The van der Waals surface area contributed by atoms with Gasteiger partial charge in [0.05, 0.1) is 40.3 Å². The molecule has 12 heteroatoms. The average molecular weight is 489 g/mol. The fourth-order valence-electron chi connectivity index (χ4n) is 3.53. The van der Waals surface area contributed by atoms with E-state index in [4.69, 9.17) is 14.0 Å². The van der Waals surface area contributed by atoms with Crippen molar-refractivity contribution in [1.29, 1.82) is 0 Å². The van der Waals surface area contributed by atoms with Gasteiger partial charge < -0.3 is 18.9 Å². The molecule has 0 spiro atoms. The third kappa shape index (κ3) is 4.24. The average Bonchev–Trinajstić information content (AvgIpc) is 3.41. The fraction of sp³-hybridized carbons (Fsp3) is 0.286. The Morgan fingerprint density at radius 1 is 1.21 bits per heavy atom. The number of carbonyl (C=O) groups excluding carboxylic acids is 1. The van der Waals surface area contributed by atoms with Crippen LogP contribution in [0.3, 0.4) is 0 Å². The van der Waals surface area contributed by atoms with Crippen molar-refractivity contribution >= 4 is 53.6 Å². The number of carbonyl (C=O) groups is 1. The third-order valence-corrected chi connectivity index (χ3v) is 7.54. The van der Waals surface area contributed by atoms with E-state index in [9.17, 15) is 13.2 Å². The lowest BCUT2D eigenvalue weighted by atomic mass is 10.2. The molecule has 4 aromatic rings. The Balaban J connectivity index is 1.44. The van der Waals surface area contributed by atoms with Gasteiger partial charge >= 0.3 is 0 Å². The summed E-state index contributed by atoms with van der Waals surface area (Å²) in [6.45, 7) is 4.19. The number of sulfonamides is 1. The second-order valence-corrected chi connectivity index (χ2v) is 9.99. The highest BCUT2D eigenvalue weighted by Crippen LogP contribution is 2.31. The van der Waals surface area contributed by atoms with Crippen LogP contribution in [-0.4, -0.2) is 62.3 Å². The Morgan fingerprint density at radius 3 is 2.82 bits per heavy atom. The largest absolute Gasteiger partial charge is 0.494 e. The van der Waals surface area contributed by atoms with Crippen molar-refractivity contribution in [2.45, 2.75) is 11.8 Å². The summed E-state index contributed by atoms with van der Waals surface area (Å²) in [5.41, 5.74) is 1.07. The zero-order chi connectivity index (χ0) is 23.0. The van der Waals surface area contributed by atoms with Crippen LogP contribution in [0.1, 0.15) is 17.4 Å². The molecule has 2 aromatic heterocycles. The van der Waals surface area contributed by atoms with Crippen LogP contribution in [0.2, 0.25) is 0 Å². The summed E-state index contributed by atoms with van der Waals surface area (Å²) in [6.07, 6.45) is 0. The minimum absolute atomic E-state index is 0.0245. The van der Waals surface area contributed by atoms with E-state index in [0.717, 1.165) is 4.70 Å². The zero-order valence-electron chi connectivity index (χ0n) is 17.6. The topological polar surface area (TPSA) is 124 Å². The summed E-state index contributed by atoms with van der Waals surface area (Å²) in [6, 6.07) is 9.67. The summed E-state index contributed by atoms with van der Waals surface area (Å²) in [5, 5.41) is 4.45. The molecule has 1 N–H and O–H groups in total. The number of aromatic nitrogens is 2. The van der Waals surface area contributed by atoms with Crippen LogP contribution in [0.4, 0.5) is 5.13 Å². The first kappa shape index (κ1) is 21.6. The quantitative estimate of drug-likeness (QED) is 0.439. The number of nitrogens with zero attached hydrogens (tertiary/aromatic N) is 3. The van der Waals surface area contributed by atoms with E-state index in [2.05, 4.69) is 14.9 Å². The first-order chi connectivity index (χ1) is 15.9. The van der Waals surface area contributed by atoms with Crippen LogP contribution in [0.25, 0.3) is 21.2 Å². The molecule has 1 aliphatic heterocycles. The maximum atomic E-state index is 13.1. The van der Waals surface area contributed by atoms with E-state index in [0.29, 0.717) is 55.1 Å². The van der Waals surface area contributed by atoms with Gasteiger partial charge in [0.2, 0.25) is 0 Å². The van der Waals surface area contributed by atoms with Gasteiger partial charge in [0.15, 0.2) is 16.4 Å². The number of morpholine rings is 1. The smallest absolute Gasteiger partial charge is 0.276 e. The summed E-state index contributed by atoms with van der Waals surface area (Å²) < 4.78 is 45.5. The Kier molecular flexibility index (Phi) is 5.64. The van der Waals surface area contributed by atoms with Gasteiger partial charge in [-0.1, -0.05) is 16.5 Å². The third-order valence-electron chi connectivity index (χ3n) is 5.15. The van der Waals surface area contributed by atoms with Gasteiger partial charge in [-0.15, -0.1) is 0 Å². The van der Waals surface area contributed by atoms with Gasteiger partial charge in [0.1, 0.15) is 5.75 Å². The van der Waals surface area contributed by atoms with E-state index < -0.39 is 10.0 Å². The van der Waals surface area contributed by atoms with Gasteiger partial charge in [0, 0.05) is 13.1 Å². The Hall–Kier alpha value is -3.22. The molecule has 33 heavy (non-hydrogen) atoms. The summed E-state index contributed by atoms with van der Waals surface area (Å²) in [7, 11) is -3.97. The molecule has 2 aromatic carbocycles. The number of anilines is 1. The van der Waals surface area contributed by atoms with E-state index in [-0.39, 0.29) is 21.6 Å². The van der Waals surface area contributed by atoms with Crippen LogP contribution >= 0.6 is 11.3 Å². The van der Waals surface area contributed by atoms with Crippen LogP contribution in [-0.2, 0) is 14.8 Å². The SMILES string of the molecule is CCOc1ccc2nc(NS(=O)(=O)c3ccc4onc(C(=O)N5CCOCC5)c4c3)sc2c1. The zero-order valence-corrected chi connectivity index (χ0v) is 19.2. The molecule has 5 rings (SSSR count). The molecule has 3 heterocycles. The highest BCUT2D eigenvalue weighted by atomic mass is 32.2.